The van der Waals surface area contributed by atoms with Crippen molar-refractivity contribution in [1.29, 1.82) is 0 Å². The van der Waals surface area contributed by atoms with E-state index < -0.39 is 0 Å². The van der Waals surface area contributed by atoms with E-state index in [-0.39, 0.29) is 0 Å². The molecule has 0 aromatic heterocycles. The molecular weight excluding hydrogens is 168 g/mol. The van der Waals surface area contributed by atoms with Crippen LogP contribution in [-0.2, 0) is 0 Å². The van der Waals surface area contributed by atoms with Crippen LogP contribution in [0.1, 0.15) is 46.5 Å². The van der Waals surface area contributed by atoms with Crippen LogP contribution in [0.3, 0.4) is 0 Å². The highest BCUT2D eigenvalue weighted by molar-refractivity contribution is 5.56. The first-order valence-electron chi connectivity index (χ1n) is 6.18. The van der Waals surface area contributed by atoms with Gasteiger partial charge in [-0.3, -0.25) is 0 Å². The summed E-state index contributed by atoms with van der Waals surface area (Å²) in [4.78, 5) is 0. The van der Waals surface area contributed by atoms with Gasteiger partial charge in [0.1, 0.15) is 0 Å². The molecule has 5 unspecified atom stereocenters. The Hall–Kier alpha value is -0.260. The summed E-state index contributed by atoms with van der Waals surface area (Å²) in [5.74, 6) is 1.03. The molecule has 0 nitrogen and oxygen atoms in total. The highest BCUT2D eigenvalue weighted by Crippen LogP contribution is 3.08. The van der Waals surface area contributed by atoms with Gasteiger partial charge in [0, 0.05) is 0 Å². The van der Waals surface area contributed by atoms with Crippen molar-refractivity contribution in [1.82, 2.24) is 0 Å². The lowest BCUT2D eigenvalue weighted by atomic mass is 9.51. The van der Waals surface area contributed by atoms with Gasteiger partial charge in [-0.15, -0.1) is 0 Å². The molecule has 0 radical (unpaired) electrons. The smallest absolute Gasteiger partial charge is 0.00433 e. The minimum Gasteiger partial charge on any atom is -0.0993 e. The van der Waals surface area contributed by atoms with Crippen molar-refractivity contribution in [3.05, 3.63) is 12.2 Å². The van der Waals surface area contributed by atoms with Gasteiger partial charge in [-0.1, -0.05) is 32.9 Å². The van der Waals surface area contributed by atoms with Crippen molar-refractivity contribution in [3.63, 3.8) is 0 Å². The zero-order valence-electron chi connectivity index (χ0n) is 9.61. The van der Waals surface area contributed by atoms with Crippen LogP contribution in [0.4, 0.5) is 0 Å². The van der Waals surface area contributed by atoms with Crippen LogP contribution in [0, 0.1) is 27.6 Å². The summed E-state index contributed by atoms with van der Waals surface area (Å²) >= 11 is 0. The minimum absolute atomic E-state index is 0.556. The largest absolute Gasteiger partial charge is 0.0993 e. The number of hydrogen-bond donors (Lipinski definition) is 0. The van der Waals surface area contributed by atoms with E-state index >= 15 is 0 Å². The lowest BCUT2D eigenvalue weighted by molar-refractivity contribution is -0.0326. The SMILES string of the molecule is C=C1CC2CC3(CC)C4(C)CC1(C)C243. The number of fused-ring (bicyclic) bond motifs is 1. The molecule has 0 aromatic carbocycles. The van der Waals surface area contributed by atoms with Gasteiger partial charge in [0.05, 0.1) is 0 Å². The predicted octanol–water partition coefficient (Wildman–Crippen LogP) is 3.78. The van der Waals surface area contributed by atoms with Crippen molar-refractivity contribution < 1.29 is 0 Å². The van der Waals surface area contributed by atoms with Gasteiger partial charge in [0.25, 0.3) is 0 Å². The van der Waals surface area contributed by atoms with Crippen LogP contribution in [0.15, 0.2) is 12.2 Å². The first-order valence-corrected chi connectivity index (χ1v) is 6.18. The maximum Gasteiger partial charge on any atom is -0.00433 e. The molecule has 0 bridgehead atoms. The Balaban J connectivity index is 1.94. The topological polar surface area (TPSA) is 0 Å². The van der Waals surface area contributed by atoms with E-state index in [0.29, 0.717) is 5.41 Å². The molecule has 1 spiro atoms. The summed E-state index contributed by atoms with van der Waals surface area (Å²) in [6, 6.07) is 0. The van der Waals surface area contributed by atoms with Crippen LogP contribution in [0.2, 0.25) is 0 Å². The molecule has 4 fully saturated rings. The standard InChI is InChI=1S/C14H20/c1-5-13-7-10-6-9(2)11(3)8-12(13,4)14(10,11)13/h10H,2,5-8H2,1,3-4H3. The summed E-state index contributed by atoms with van der Waals surface area (Å²) < 4.78 is 0. The van der Waals surface area contributed by atoms with Gasteiger partial charge in [0.15, 0.2) is 0 Å². The monoisotopic (exact) mass is 188 g/mol. The Labute approximate surface area is 86.8 Å². The predicted molar refractivity (Wildman–Crippen MR) is 57.9 cm³/mol. The maximum atomic E-state index is 4.35. The Morgan fingerprint density at radius 2 is 2.14 bits per heavy atom. The molecule has 4 saturated carbocycles. The summed E-state index contributed by atoms with van der Waals surface area (Å²) in [5.41, 5.74) is 4.39. The third-order valence-corrected chi connectivity index (χ3v) is 7.28. The average molecular weight is 188 g/mol. The van der Waals surface area contributed by atoms with Crippen molar-refractivity contribution in [2.75, 3.05) is 0 Å². The fourth-order valence-electron chi connectivity index (χ4n) is 7.26. The molecule has 0 saturated heterocycles. The summed E-state index contributed by atoms with van der Waals surface area (Å²) in [7, 11) is 0. The second-order valence-corrected chi connectivity index (χ2v) is 6.79. The molecular formula is C14H20. The molecule has 4 rings (SSSR count). The van der Waals surface area contributed by atoms with E-state index in [2.05, 4.69) is 27.4 Å². The molecule has 0 aromatic rings. The Bertz CT molecular complexity index is 381. The molecule has 0 heteroatoms. The number of allylic oxidation sites excluding steroid dienone is 1. The van der Waals surface area contributed by atoms with E-state index in [1.165, 1.54) is 25.7 Å². The van der Waals surface area contributed by atoms with Crippen LogP contribution in [-0.4, -0.2) is 0 Å². The Morgan fingerprint density at radius 1 is 1.43 bits per heavy atom. The molecule has 14 heavy (non-hydrogen) atoms. The minimum atomic E-state index is 0.556. The van der Waals surface area contributed by atoms with E-state index in [0.717, 1.165) is 22.2 Å². The van der Waals surface area contributed by atoms with Gasteiger partial charge < -0.3 is 0 Å². The Morgan fingerprint density at radius 3 is 2.64 bits per heavy atom. The molecule has 0 amide bonds. The van der Waals surface area contributed by atoms with E-state index in [1.54, 1.807) is 5.57 Å². The number of rotatable bonds is 1. The van der Waals surface area contributed by atoms with Gasteiger partial charge in [-0.25, -0.2) is 0 Å². The van der Waals surface area contributed by atoms with Gasteiger partial charge in [-0.2, -0.15) is 0 Å². The van der Waals surface area contributed by atoms with E-state index in [4.69, 9.17) is 0 Å². The average Bonchev–Trinajstić information content (AvgIpc) is 2.31. The molecule has 0 N–H and O–H groups in total. The molecule has 76 valence electrons. The third kappa shape index (κ3) is 0.333. The first-order chi connectivity index (χ1) is 6.50. The second-order valence-electron chi connectivity index (χ2n) is 6.79. The summed E-state index contributed by atoms with van der Waals surface area (Å²) in [5, 5.41) is 0. The summed E-state index contributed by atoms with van der Waals surface area (Å²) in [6.07, 6.45) is 5.74. The summed E-state index contributed by atoms with van der Waals surface area (Å²) in [6.45, 7) is 11.8. The maximum absolute atomic E-state index is 4.35. The lowest BCUT2D eigenvalue weighted by Gasteiger charge is -2.52. The van der Waals surface area contributed by atoms with Crippen molar-refractivity contribution in [2.24, 2.45) is 27.6 Å². The van der Waals surface area contributed by atoms with Crippen LogP contribution in [0.5, 0.6) is 0 Å². The van der Waals surface area contributed by atoms with Crippen molar-refractivity contribution >= 4 is 0 Å². The normalized spacial score (nSPS) is 71.9. The lowest BCUT2D eigenvalue weighted by Crippen LogP contribution is -2.47. The Kier molecular flexibility index (Phi) is 0.877. The molecule has 0 aliphatic heterocycles. The van der Waals surface area contributed by atoms with E-state index in [9.17, 15) is 0 Å². The second kappa shape index (κ2) is 1.54. The van der Waals surface area contributed by atoms with Crippen molar-refractivity contribution in [3.8, 4) is 0 Å². The fraction of sp³-hybridized carbons (Fsp3) is 0.857. The molecule has 4 aliphatic carbocycles. The zero-order valence-corrected chi connectivity index (χ0v) is 9.61. The van der Waals surface area contributed by atoms with Crippen LogP contribution in [0.25, 0.3) is 0 Å². The molecule has 4 aliphatic rings. The van der Waals surface area contributed by atoms with Crippen LogP contribution < -0.4 is 0 Å². The molecule has 5 atom stereocenters. The van der Waals surface area contributed by atoms with Gasteiger partial charge >= 0.3 is 0 Å². The van der Waals surface area contributed by atoms with E-state index in [1.807, 2.05) is 0 Å². The zero-order chi connectivity index (χ0) is 9.98. The quantitative estimate of drug-likeness (QED) is 0.549. The van der Waals surface area contributed by atoms with Crippen LogP contribution >= 0.6 is 0 Å². The van der Waals surface area contributed by atoms with Crippen molar-refractivity contribution in [2.45, 2.75) is 46.5 Å². The molecule has 0 heterocycles. The third-order valence-electron chi connectivity index (χ3n) is 7.28. The first kappa shape index (κ1) is 7.96. The van der Waals surface area contributed by atoms with Gasteiger partial charge in [0.2, 0.25) is 0 Å². The highest BCUT2D eigenvalue weighted by Gasteiger charge is 3.03. The highest BCUT2D eigenvalue weighted by atomic mass is 15.1. The van der Waals surface area contributed by atoms with Gasteiger partial charge in [-0.05, 0) is 53.3 Å². The number of hydrogen-bond acceptors (Lipinski definition) is 0. The fourth-order valence-corrected chi connectivity index (χ4v) is 7.26.